The Labute approximate surface area is 197 Å². The normalized spacial score (nSPS) is 14.4. The SMILES string of the molecule is CC(C)C(NC(=O)C(N)CO)C(=O)NC(Cc1ccccc1)C(=O)NC(CCC(N)=O)C(=O)O. The third kappa shape index (κ3) is 9.55. The summed E-state index contributed by atoms with van der Waals surface area (Å²) in [7, 11) is 0. The average Bonchev–Trinajstić information content (AvgIpc) is 2.78. The van der Waals surface area contributed by atoms with E-state index >= 15 is 0 Å². The molecule has 34 heavy (non-hydrogen) atoms. The van der Waals surface area contributed by atoms with Gasteiger partial charge in [-0.15, -0.1) is 0 Å². The molecule has 4 unspecified atom stereocenters. The number of amides is 4. The number of primary amides is 1. The van der Waals surface area contributed by atoms with Gasteiger partial charge >= 0.3 is 5.97 Å². The molecule has 4 amide bonds. The topological polar surface area (TPSA) is 214 Å². The zero-order valence-electron chi connectivity index (χ0n) is 19.2. The van der Waals surface area contributed by atoms with Crippen LogP contribution in [0, 0.1) is 5.92 Å². The highest BCUT2D eigenvalue weighted by atomic mass is 16.4. The van der Waals surface area contributed by atoms with Crippen LogP contribution in [0.15, 0.2) is 30.3 Å². The van der Waals surface area contributed by atoms with Crippen LogP contribution in [-0.2, 0) is 30.4 Å². The fourth-order valence-corrected chi connectivity index (χ4v) is 3.02. The summed E-state index contributed by atoms with van der Waals surface area (Å²) in [5.74, 6) is -4.67. The lowest BCUT2D eigenvalue weighted by Gasteiger charge is -2.27. The van der Waals surface area contributed by atoms with Crippen molar-refractivity contribution in [2.24, 2.45) is 17.4 Å². The van der Waals surface area contributed by atoms with Gasteiger partial charge < -0.3 is 37.6 Å². The summed E-state index contributed by atoms with van der Waals surface area (Å²) in [5, 5.41) is 25.8. The van der Waals surface area contributed by atoms with Gasteiger partial charge in [-0.05, 0) is 17.9 Å². The maximum absolute atomic E-state index is 13.0. The highest BCUT2D eigenvalue weighted by Crippen LogP contribution is 2.08. The average molecular weight is 480 g/mol. The second-order valence-corrected chi connectivity index (χ2v) is 8.17. The van der Waals surface area contributed by atoms with Crippen molar-refractivity contribution in [2.45, 2.75) is 57.3 Å². The molecule has 0 bridgehead atoms. The minimum absolute atomic E-state index is 0.0372. The van der Waals surface area contributed by atoms with E-state index in [1.165, 1.54) is 0 Å². The molecule has 0 saturated heterocycles. The Balaban J connectivity index is 3.08. The fourth-order valence-electron chi connectivity index (χ4n) is 3.02. The molecule has 0 aliphatic carbocycles. The number of aliphatic hydroxyl groups excluding tert-OH is 1. The Morgan fingerprint density at radius 2 is 1.50 bits per heavy atom. The zero-order chi connectivity index (χ0) is 25.8. The molecular formula is C22H33N5O7. The summed E-state index contributed by atoms with van der Waals surface area (Å²) in [4.78, 5) is 60.6. The summed E-state index contributed by atoms with van der Waals surface area (Å²) in [6.45, 7) is 2.73. The number of carboxylic acids is 1. The number of carboxylic acid groups (broad SMARTS) is 1. The molecule has 0 radical (unpaired) electrons. The summed E-state index contributed by atoms with van der Waals surface area (Å²) in [6.07, 6.45) is -0.429. The van der Waals surface area contributed by atoms with Crippen LogP contribution in [0.4, 0.5) is 0 Å². The first-order chi connectivity index (χ1) is 16.0. The molecule has 0 fully saturated rings. The van der Waals surface area contributed by atoms with Gasteiger partial charge in [0.1, 0.15) is 24.2 Å². The van der Waals surface area contributed by atoms with Crippen molar-refractivity contribution >= 4 is 29.6 Å². The largest absolute Gasteiger partial charge is 0.480 e. The van der Waals surface area contributed by atoms with Gasteiger partial charge in [0.05, 0.1) is 6.61 Å². The fraction of sp³-hybridized carbons (Fsp3) is 0.500. The number of aliphatic carboxylic acids is 1. The van der Waals surface area contributed by atoms with Gasteiger partial charge in [0.2, 0.25) is 23.6 Å². The molecule has 4 atom stereocenters. The molecule has 1 aromatic carbocycles. The third-order valence-electron chi connectivity index (χ3n) is 4.99. The van der Waals surface area contributed by atoms with E-state index in [1.807, 2.05) is 0 Å². The van der Waals surface area contributed by atoms with Crippen LogP contribution in [-0.4, -0.2) is 70.6 Å². The van der Waals surface area contributed by atoms with Gasteiger partial charge in [0, 0.05) is 12.8 Å². The second-order valence-electron chi connectivity index (χ2n) is 8.17. The van der Waals surface area contributed by atoms with E-state index in [4.69, 9.17) is 16.6 Å². The minimum atomic E-state index is -1.39. The van der Waals surface area contributed by atoms with Gasteiger partial charge in [-0.3, -0.25) is 19.2 Å². The number of hydrogen-bond donors (Lipinski definition) is 7. The Bertz CT molecular complexity index is 862. The first-order valence-corrected chi connectivity index (χ1v) is 10.8. The van der Waals surface area contributed by atoms with Crippen molar-refractivity contribution in [2.75, 3.05) is 6.61 Å². The Morgan fingerprint density at radius 1 is 0.912 bits per heavy atom. The summed E-state index contributed by atoms with van der Waals surface area (Å²) in [6, 6.07) is 3.86. The quantitative estimate of drug-likeness (QED) is 0.158. The van der Waals surface area contributed by atoms with Crippen LogP contribution in [0.2, 0.25) is 0 Å². The molecule has 12 nitrogen and oxygen atoms in total. The van der Waals surface area contributed by atoms with E-state index in [1.54, 1.807) is 44.2 Å². The van der Waals surface area contributed by atoms with Gasteiger partial charge in [0.15, 0.2) is 0 Å². The lowest BCUT2D eigenvalue weighted by Crippen LogP contribution is -2.59. The Hall–Kier alpha value is -3.51. The number of aliphatic hydroxyl groups is 1. The van der Waals surface area contributed by atoms with Crippen LogP contribution in [0.25, 0.3) is 0 Å². The summed E-state index contributed by atoms with van der Waals surface area (Å²) < 4.78 is 0. The molecule has 188 valence electrons. The smallest absolute Gasteiger partial charge is 0.326 e. The van der Waals surface area contributed by atoms with Crippen molar-refractivity contribution in [1.82, 2.24) is 16.0 Å². The number of carbonyl (C=O) groups excluding carboxylic acids is 4. The van der Waals surface area contributed by atoms with Gasteiger partial charge in [-0.2, -0.15) is 0 Å². The molecule has 0 aromatic heterocycles. The second kappa shape index (κ2) is 13.9. The Kier molecular flexibility index (Phi) is 11.7. The first-order valence-electron chi connectivity index (χ1n) is 10.8. The van der Waals surface area contributed by atoms with E-state index in [0.29, 0.717) is 5.56 Å². The van der Waals surface area contributed by atoms with Crippen LogP contribution < -0.4 is 27.4 Å². The van der Waals surface area contributed by atoms with Gasteiger partial charge in [-0.1, -0.05) is 44.2 Å². The standard InChI is InChI=1S/C22H33N5O7/c1-12(2)18(27-19(30)14(23)11-28)21(32)26-16(10-13-6-4-3-5-7-13)20(31)25-15(22(33)34)8-9-17(24)29/h3-7,12,14-16,18,28H,8-11,23H2,1-2H3,(H2,24,29)(H,25,31)(H,26,32)(H,27,30)(H,33,34). The number of nitrogens with two attached hydrogens (primary N) is 2. The van der Waals surface area contributed by atoms with E-state index in [9.17, 15) is 29.1 Å². The lowest BCUT2D eigenvalue weighted by molar-refractivity contribution is -0.142. The minimum Gasteiger partial charge on any atom is -0.480 e. The van der Waals surface area contributed by atoms with Gasteiger partial charge in [0.25, 0.3) is 0 Å². The molecule has 12 heteroatoms. The molecule has 1 aromatic rings. The van der Waals surface area contributed by atoms with E-state index in [-0.39, 0.29) is 19.3 Å². The van der Waals surface area contributed by atoms with Crippen molar-refractivity contribution < 1.29 is 34.2 Å². The molecule has 1 rings (SSSR count). The van der Waals surface area contributed by atoms with Crippen molar-refractivity contribution in [1.29, 1.82) is 0 Å². The highest BCUT2D eigenvalue weighted by Gasteiger charge is 2.31. The maximum Gasteiger partial charge on any atom is 0.326 e. The van der Waals surface area contributed by atoms with Crippen LogP contribution in [0.3, 0.4) is 0 Å². The molecule has 0 aliphatic rings. The number of carbonyl (C=O) groups is 5. The molecular weight excluding hydrogens is 446 g/mol. The number of rotatable bonds is 14. The van der Waals surface area contributed by atoms with Gasteiger partial charge in [-0.25, -0.2) is 4.79 Å². The van der Waals surface area contributed by atoms with E-state index in [0.717, 1.165) is 0 Å². The van der Waals surface area contributed by atoms with Crippen molar-refractivity contribution in [3.05, 3.63) is 35.9 Å². The molecule has 0 aliphatic heterocycles. The first kappa shape index (κ1) is 28.5. The third-order valence-corrected chi connectivity index (χ3v) is 4.99. The molecule has 0 spiro atoms. The maximum atomic E-state index is 13.0. The van der Waals surface area contributed by atoms with Crippen LogP contribution in [0.5, 0.6) is 0 Å². The summed E-state index contributed by atoms with van der Waals surface area (Å²) >= 11 is 0. The molecule has 0 saturated carbocycles. The lowest BCUT2D eigenvalue weighted by atomic mass is 10.00. The number of hydrogen-bond acceptors (Lipinski definition) is 7. The zero-order valence-corrected chi connectivity index (χ0v) is 19.2. The van der Waals surface area contributed by atoms with Crippen LogP contribution in [0.1, 0.15) is 32.3 Å². The molecule has 9 N–H and O–H groups in total. The van der Waals surface area contributed by atoms with Crippen molar-refractivity contribution in [3.63, 3.8) is 0 Å². The van der Waals surface area contributed by atoms with E-state index in [2.05, 4.69) is 16.0 Å². The predicted octanol–water partition coefficient (Wildman–Crippen LogP) is -1.99. The monoisotopic (exact) mass is 479 g/mol. The Morgan fingerprint density at radius 3 is 2.00 bits per heavy atom. The highest BCUT2D eigenvalue weighted by molar-refractivity contribution is 5.94. The number of benzene rings is 1. The van der Waals surface area contributed by atoms with Crippen molar-refractivity contribution in [3.8, 4) is 0 Å². The van der Waals surface area contributed by atoms with E-state index < -0.39 is 66.3 Å². The summed E-state index contributed by atoms with van der Waals surface area (Å²) in [5.41, 5.74) is 11.3. The number of nitrogens with one attached hydrogen (secondary N) is 3. The molecule has 0 heterocycles. The predicted molar refractivity (Wildman–Crippen MR) is 122 cm³/mol. The van der Waals surface area contributed by atoms with Crippen LogP contribution >= 0.6 is 0 Å².